The number of amides is 1. The maximum absolute atomic E-state index is 11.8. The number of aromatic nitrogens is 4. The van der Waals surface area contributed by atoms with Crippen LogP contribution >= 0.6 is 0 Å². The standard InChI is InChI=1S/C13H17N5O2/c1-9-7-10(2)16-13(20)11(9)8-14-12(19)3-5-18-6-4-15-17-18/h4,6-7H,3,5,8H2,1-2H3,(H,14,19)(H,16,20). The Morgan fingerprint density at radius 3 is 2.90 bits per heavy atom. The lowest BCUT2D eigenvalue weighted by Gasteiger charge is -2.08. The van der Waals surface area contributed by atoms with Crippen LogP contribution in [-0.4, -0.2) is 25.9 Å². The van der Waals surface area contributed by atoms with Gasteiger partial charge in [0.05, 0.1) is 12.7 Å². The quantitative estimate of drug-likeness (QED) is 0.820. The Balaban J connectivity index is 1.89. The predicted octanol–water partition coefficient (Wildman–Crippen LogP) is 0.290. The van der Waals surface area contributed by atoms with Crippen LogP contribution in [0.15, 0.2) is 23.3 Å². The van der Waals surface area contributed by atoms with Gasteiger partial charge in [-0.25, -0.2) is 0 Å². The molecule has 2 N–H and O–H groups in total. The van der Waals surface area contributed by atoms with Crippen LogP contribution in [0.3, 0.4) is 0 Å². The molecule has 0 atom stereocenters. The van der Waals surface area contributed by atoms with Crippen LogP contribution in [0.5, 0.6) is 0 Å². The monoisotopic (exact) mass is 275 g/mol. The van der Waals surface area contributed by atoms with E-state index >= 15 is 0 Å². The molecular weight excluding hydrogens is 258 g/mol. The number of aromatic amines is 1. The van der Waals surface area contributed by atoms with Crippen molar-refractivity contribution in [3.8, 4) is 0 Å². The molecule has 2 aromatic heterocycles. The molecule has 7 nitrogen and oxygen atoms in total. The van der Waals surface area contributed by atoms with Crippen molar-refractivity contribution in [2.45, 2.75) is 33.4 Å². The third kappa shape index (κ3) is 3.53. The first-order chi connectivity index (χ1) is 9.56. The minimum atomic E-state index is -0.154. The molecule has 0 unspecified atom stereocenters. The highest BCUT2D eigenvalue weighted by Crippen LogP contribution is 2.03. The molecule has 0 aromatic carbocycles. The molecular formula is C13H17N5O2. The molecule has 0 saturated carbocycles. The Morgan fingerprint density at radius 1 is 1.45 bits per heavy atom. The highest BCUT2D eigenvalue weighted by Gasteiger charge is 2.07. The number of pyridine rings is 1. The van der Waals surface area contributed by atoms with Crippen molar-refractivity contribution in [3.05, 3.63) is 45.6 Å². The highest BCUT2D eigenvalue weighted by molar-refractivity contribution is 5.75. The summed E-state index contributed by atoms with van der Waals surface area (Å²) in [6.07, 6.45) is 3.56. The Morgan fingerprint density at radius 2 is 2.25 bits per heavy atom. The number of rotatable bonds is 5. The summed E-state index contributed by atoms with van der Waals surface area (Å²) < 4.78 is 1.59. The van der Waals surface area contributed by atoms with Crippen LogP contribution in [0.2, 0.25) is 0 Å². The minimum absolute atomic E-state index is 0.125. The van der Waals surface area contributed by atoms with E-state index in [1.54, 1.807) is 17.1 Å². The average molecular weight is 275 g/mol. The van der Waals surface area contributed by atoms with Gasteiger partial charge in [-0.2, -0.15) is 0 Å². The minimum Gasteiger partial charge on any atom is -0.352 e. The van der Waals surface area contributed by atoms with Gasteiger partial charge in [-0.1, -0.05) is 5.21 Å². The molecule has 0 bridgehead atoms. The molecule has 0 fully saturated rings. The number of nitrogens with one attached hydrogen (secondary N) is 2. The van der Waals surface area contributed by atoms with E-state index in [0.717, 1.165) is 11.3 Å². The smallest absolute Gasteiger partial charge is 0.253 e. The van der Waals surface area contributed by atoms with E-state index in [-0.39, 0.29) is 18.0 Å². The molecule has 0 radical (unpaired) electrons. The number of carbonyl (C=O) groups excluding carboxylic acids is 1. The second-order valence-corrected chi connectivity index (χ2v) is 4.64. The molecule has 0 aliphatic rings. The summed E-state index contributed by atoms with van der Waals surface area (Å²) in [7, 11) is 0. The third-order valence-electron chi connectivity index (χ3n) is 3.00. The molecule has 20 heavy (non-hydrogen) atoms. The van der Waals surface area contributed by atoms with Crippen LogP contribution in [-0.2, 0) is 17.9 Å². The fourth-order valence-electron chi connectivity index (χ4n) is 1.94. The van der Waals surface area contributed by atoms with Gasteiger partial charge in [0.1, 0.15) is 0 Å². The first kappa shape index (κ1) is 14.0. The Kier molecular flexibility index (Phi) is 4.29. The van der Waals surface area contributed by atoms with Crippen molar-refractivity contribution < 1.29 is 4.79 Å². The van der Waals surface area contributed by atoms with Crippen molar-refractivity contribution in [1.82, 2.24) is 25.3 Å². The summed E-state index contributed by atoms with van der Waals surface area (Å²) in [5, 5.41) is 10.2. The third-order valence-corrected chi connectivity index (χ3v) is 3.00. The second kappa shape index (κ2) is 6.14. The zero-order valence-corrected chi connectivity index (χ0v) is 11.5. The molecule has 2 aromatic rings. The summed E-state index contributed by atoms with van der Waals surface area (Å²) in [5.41, 5.74) is 2.13. The maximum atomic E-state index is 11.8. The maximum Gasteiger partial charge on any atom is 0.253 e. The van der Waals surface area contributed by atoms with E-state index in [0.29, 0.717) is 18.5 Å². The average Bonchev–Trinajstić information content (AvgIpc) is 2.88. The van der Waals surface area contributed by atoms with Gasteiger partial charge in [0, 0.05) is 30.4 Å². The largest absolute Gasteiger partial charge is 0.352 e. The number of carbonyl (C=O) groups is 1. The van der Waals surface area contributed by atoms with E-state index in [1.165, 1.54) is 0 Å². The van der Waals surface area contributed by atoms with Crippen molar-refractivity contribution in [2.24, 2.45) is 0 Å². The van der Waals surface area contributed by atoms with Gasteiger partial charge in [0.2, 0.25) is 5.91 Å². The molecule has 1 amide bonds. The number of hydrogen-bond donors (Lipinski definition) is 2. The fourth-order valence-corrected chi connectivity index (χ4v) is 1.94. The van der Waals surface area contributed by atoms with Crippen LogP contribution in [0, 0.1) is 13.8 Å². The summed E-state index contributed by atoms with van der Waals surface area (Å²) in [4.78, 5) is 26.2. The summed E-state index contributed by atoms with van der Waals surface area (Å²) >= 11 is 0. The van der Waals surface area contributed by atoms with Crippen LogP contribution in [0.4, 0.5) is 0 Å². The molecule has 2 rings (SSSR count). The second-order valence-electron chi connectivity index (χ2n) is 4.64. The SMILES string of the molecule is Cc1cc(C)c(CNC(=O)CCn2ccnn2)c(=O)[nH]1. The van der Waals surface area contributed by atoms with Crippen LogP contribution in [0.25, 0.3) is 0 Å². The number of H-pyrrole nitrogens is 1. The van der Waals surface area contributed by atoms with Crippen molar-refractivity contribution >= 4 is 5.91 Å². The molecule has 2 heterocycles. The molecule has 0 saturated heterocycles. The molecule has 7 heteroatoms. The Labute approximate surface area is 116 Å². The summed E-state index contributed by atoms with van der Waals surface area (Å²) in [6, 6.07) is 1.89. The topological polar surface area (TPSA) is 92.7 Å². The summed E-state index contributed by atoms with van der Waals surface area (Å²) in [6.45, 7) is 4.39. The van der Waals surface area contributed by atoms with Gasteiger partial charge in [-0.15, -0.1) is 5.10 Å². The predicted molar refractivity (Wildman–Crippen MR) is 73.0 cm³/mol. The lowest BCUT2D eigenvalue weighted by molar-refractivity contribution is -0.121. The normalized spacial score (nSPS) is 10.5. The van der Waals surface area contributed by atoms with E-state index in [2.05, 4.69) is 20.6 Å². The fraction of sp³-hybridized carbons (Fsp3) is 0.385. The summed E-state index contributed by atoms with van der Waals surface area (Å²) in [5.74, 6) is -0.125. The first-order valence-electron chi connectivity index (χ1n) is 6.36. The van der Waals surface area contributed by atoms with E-state index < -0.39 is 0 Å². The van der Waals surface area contributed by atoms with E-state index in [1.807, 2.05) is 19.9 Å². The van der Waals surface area contributed by atoms with Gasteiger partial charge in [0.15, 0.2) is 0 Å². The van der Waals surface area contributed by atoms with Crippen molar-refractivity contribution in [3.63, 3.8) is 0 Å². The number of aryl methyl sites for hydroxylation is 3. The van der Waals surface area contributed by atoms with Gasteiger partial charge in [0.25, 0.3) is 5.56 Å². The Hall–Kier alpha value is -2.44. The van der Waals surface area contributed by atoms with Crippen molar-refractivity contribution in [1.29, 1.82) is 0 Å². The highest BCUT2D eigenvalue weighted by atomic mass is 16.1. The number of hydrogen-bond acceptors (Lipinski definition) is 4. The van der Waals surface area contributed by atoms with Crippen molar-refractivity contribution in [2.75, 3.05) is 0 Å². The first-order valence-corrected chi connectivity index (χ1v) is 6.36. The van der Waals surface area contributed by atoms with Gasteiger partial charge in [-0.3, -0.25) is 14.3 Å². The molecule has 0 aliphatic carbocycles. The van der Waals surface area contributed by atoms with Crippen LogP contribution < -0.4 is 10.9 Å². The number of nitrogens with zero attached hydrogens (tertiary/aromatic N) is 3. The lowest BCUT2D eigenvalue weighted by atomic mass is 10.1. The van der Waals surface area contributed by atoms with Gasteiger partial charge >= 0.3 is 0 Å². The van der Waals surface area contributed by atoms with Gasteiger partial charge in [-0.05, 0) is 25.5 Å². The van der Waals surface area contributed by atoms with Gasteiger partial charge < -0.3 is 10.3 Å². The van der Waals surface area contributed by atoms with Crippen LogP contribution in [0.1, 0.15) is 23.2 Å². The molecule has 106 valence electrons. The van der Waals surface area contributed by atoms with E-state index in [4.69, 9.17) is 0 Å². The Bertz CT molecular complexity index is 645. The lowest BCUT2D eigenvalue weighted by Crippen LogP contribution is -2.28. The molecule has 0 spiro atoms. The zero-order valence-electron chi connectivity index (χ0n) is 11.5. The zero-order chi connectivity index (χ0) is 14.5. The van der Waals surface area contributed by atoms with E-state index in [9.17, 15) is 9.59 Å². The molecule has 0 aliphatic heterocycles.